The van der Waals surface area contributed by atoms with Gasteiger partial charge in [-0.1, -0.05) is 11.6 Å². The highest BCUT2D eigenvalue weighted by atomic mass is 35.5. The van der Waals surface area contributed by atoms with Gasteiger partial charge >= 0.3 is 0 Å². The summed E-state index contributed by atoms with van der Waals surface area (Å²) in [6.07, 6.45) is 3.40. The summed E-state index contributed by atoms with van der Waals surface area (Å²) in [7, 11) is -0.381. The van der Waals surface area contributed by atoms with Crippen molar-refractivity contribution >= 4 is 27.3 Å². The van der Waals surface area contributed by atoms with Gasteiger partial charge in [0.1, 0.15) is 0 Å². The predicted octanol–water partition coefficient (Wildman–Crippen LogP) is 1.78. The Morgan fingerprint density at radius 3 is 2.67 bits per heavy atom. The maximum atomic E-state index is 12.7. The van der Waals surface area contributed by atoms with Gasteiger partial charge in [0.05, 0.1) is 11.1 Å². The standard InChI is InChI=1S/C13H17ClN4O2S/c1-9-12(15)4-11(14)5-13(9)21(19,20)18(3)8-10-6-16-17(2)7-10/h4-7H,8,15H2,1-3H3. The predicted molar refractivity (Wildman–Crippen MR) is 82.5 cm³/mol. The van der Waals surface area contributed by atoms with Crippen LogP contribution in [0.15, 0.2) is 29.4 Å². The summed E-state index contributed by atoms with van der Waals surface area (Å²) in [4.78, 5) is 0.124. The molecular formula is C13H17ClN4O2S. The van der Waals surface area contributed by atoms with Gasteiger partial charge in [-0.2, -0.15) is 9.40 Å². The van der Waals surface area contributed by atoms with Crippen molar-refractivity contribution in [2.75, 3.05) is 12.8 Å². The number of sulfonamides is 1. The van der Waals surface area contributed by atoms with Crippen LogP contribution in [0, 0.1) is 6.92 Å². The van der Waals surface area contributed by atoms with Gasteiger partial charge in [-0.25, -0.2) is 8.42 Å². The van der Waals surface area contributed by atoms with E-state index in [1.165, 1.54) is 23.5 Å². The number of hydrogen-bond donors (Lipinski definition) is 1. The molecule has 0 aliphatic rings. The van der Waals surface area contributed by atoms with Crippen LogP contribution in [0.5, 0.6) is 0 Å². The van der Waals surface area contributed by atoms with E-state index in [0.717, 1.165) is 5.56 Å². The Labute approximate surface area is 129 Å². The van der Waals surface area contributed by atoms with Crippen molar-refractivity contribution in [1.82, 2.24) is 14.1 Å². The number of halogens is 1. The van der Waals surface area contributed by atoms with Gasteiger partial charge in [0.25, 0.3) is 0 Å². The van der Waals surface area contributed by atoms with Crippen LogP contribution in [0.1, 0.15) is 11.1 Å². The van der Waals surface area contributed by atoms with Crippen LogP contribution < -0.4 is 5.73 Å². The van der Waals surface area contributed by atoms with Crippen LogP contribution >= 0.6 is 11.6 Å². The maximum Gasteiger partial charge on any atom is 0.243 e. The molecular weight excluding hydrogens is 312 g/mol. The van der Waals surface area contributed by atoms with E-state index in [4.69, 9.17) is 17.3 Å². The van der Waals surface area contributed by atoms with Crippen molar-refractivity contribution < 1.29 is 8.42 Å². The Kier molecular flexibility index (Phi) is 4.27. The molecule has 0 saturated heterocycles. The largest absolute Gasteiger partial charge is 0.398 e. The highest BCUT2D eigenvalue weighted by Gasteiger charge is 2.24. The third kappa shape index (κ3) is 3.20. The van der Waals surface area contributed by atoms with Crippen molar-refractivity contribution in [2.45, 2.75) is 18.4 Å². The molecule has 2 N–H and O–H groups in total. The molecule has 0 unspecified atom stereocenters. The lowest BCUT2D eigenvalue weighted by Crippen LogP contribution is -2.27. The van der Waals surface area contributed by atoms with Gasteiger partial charge in [-0.15, -0.1) is 0 Å². The Morgan fingerprint density at radius 1 is 1.43 bits per heavy atom. The summed E-state index contributed by atoms with van der Waals surface area (Å²) < 4.78 is 28.2. The third-order valence-electron chi connectivity index (χ3n) is 3.22. The molecule has 21 heavy (non-hydrogen) atoms. The molecule has 8 heteroatoms. The van der Waals surface area contributed by atoms with Crippen LogP contribution in [0.3, 0.4) is 0 Å². The van der Waals surface area contributed by atoms with Gasteiger partial charge in [0, 0.05) is 43.1 Å². The molecule has 0 aliphatic heterocycles. The average Bonchev–Trinajstić information content (AvgIpc) is 2.79. The summed E-state index contributed by atoms with van der Waals surface area (Å²) >= 11 is 5.92. The number of nitrogens with two attached hydrogens (primary N) is 1. The first kappa shape index (κ1) is 15.8. The summed E-state index contributed by atoms with van der Waals surface area (Å²) in [5.41, 5.74) is 7.45. The summed E-state index contributed by atoms with van der Waals surface area (Å²) in [6.45, 7) is 1.89. The molecule has 0 spiro atoms. The van der Waals surface area contributed by atoms with Crippen LogP contribution in [0.25, 0.3) is 0 Å². The number of aromatic nitrogens is 2. The first-order valence-electron chi connectivity index (χ1n) is 6.21. The fourth-order valence-corrected chi connectivity index (χ4v) is 3.73. The molecule has 6 nitrogen and oxygen atoms in total. The van der Waals surface area contributed by atoms with E-state index in [0.29, 0.717) is 16.3 Å². The lowest BCUT2D eigenvalue weighted by Gasteiger charge is -2.18. The molecule has 1 heterocycles. The number of aryl methyl sites for hydroxylation is 1. The number of rotatable bonds is 4. The maximum absolute atomic E-state index is 12.7. The zero-order valence-corrected chi connectivity index (χ0v) is 13.6. The van der Waals surface area contributed by atoms with Crippen LogP contribution in [-0.4, -0.2) is 29.6 Å². The quantitative estimate of drug-likeness (QED) is 0.867. The second-order valence-corrected chi connectivity index (χ2v) is 7.35. The van der Waals surface area contributed by atoms with Crippen LogP contribution in [0.2, 0.25) is 5.02 Å². The SMILES string of the molecule is Cc1c(N)cc(Cl)cc1S(=O)(=O)N(C)Cc1cnn(C)c1. The second-order valence-electron chi connectivity index (χ2n) is 4.90. The second kappa shape index (κ2) is 5.67. The molecule has 1 aromatic heterocycles. The summed E-state index contributed by atoms with van der Waals surface area (Å²) in [5, 5.41) is 4.32. The third-order valence-corrected chi connectivity index (χ3v) is 5.36. The van der Waals surface area contributed by atoms with Crippen LogP contribution in [0.4, 0.5) is 5.69 Å². The van der Waals surface area contributed by atoms with E-state index in [9.17, 15) is 8.42 Å². The zero-order valence-electron chi connectivity index (χ0n) is 12.0. The topological polar surface area (TPSA) is 81.2 Å². The molecule has 0 radical (unpaired) electrons. The van der Waals surface area contributed by atoms with E-state index in [1.54, 1.807) is 31.0 Å². The molecule has 2 rings (SSSR count). The lowest BCUT2D eigenvalue weighted by atomic mass is 10.2. The molecule has 0 bridgehead atoms. The Bertz CT molecular complexity index is 770. The van der Waals surface area contributed by atoms with E-state index >= 15 is 0 Å². The number of nitrogen functional groups attached to an aromatic ring is 1. The monoisotopic (exact) mass is 328 g/mol. The van der Waals surface area contributed by atoms with Gasteiger partial charge in [-0.05, 0) is 24.6 Å². The zero-order chi connectivity index (χ0) is 15.8. The minimum absolute atomic E-state index is 0.124. The molecule has 0 amide bonds. The van der Waals surface area contributed by atoms with Gasteiger partial charge in [0.2, 0.25) is 10.0 Å². The fraction of sp³-hybridized carbons (Fsp3) is 0.308. The number of hydrogen-bond acceptors (Lipinski definition) is 4. The van der Waals surface area contributed by atoms with Crippen molar-refractivity contribution in [2.24, 2.45) is 7.05 Å². The first-order valence-corrected chi connectivity index (χ1v) is 8.03. The molecule has 0 fully saturated rings. The van der Waals surface area contributed by atoms with E-state index in [-0.39, 0.29) is 11.4 Å². The smallest absolute Gasteiger partial charge is 0.243 e. The Balaban J connectivity index is 2.37. The molecule has 114 valence electrons. The Morgan fingerprint density at radius 2 is 2.10 bits per heavy atom. The van der Waals surface area contributed by atoms with E-state index in [1.807, 2.05) is 0 Å². The Hall–Kier alpha value is -1.57. The van der Waals surface area contributed by atoms with Gasteiger partial charge in [0.15, 0.2) is 0 Å². The van der Waals surface area contributed by atoms with Crippen molar-refractivity contribution in [3.8, 4) is 0 Å². The molecule has 1 aromatic carbocycles. The number of anilines is 1. The summed E-state index contributed by atoms with van der Waals surface area (Å²) in [5.74, 6) is 0. The van der Waals surface area contributed by atoms with Crippen LogP contribution in [-0.2, 0) is 23.6 Å². The number of benzene rings is 1. The van der Waals surface area contributed by atoms with Crippen molar-refractivity contribution in [3.05, 3.63) is 40.7 Å². The molecule has 0 aliphatic carbocycles. The van der Waals surface area contributed by atoms with Crippen molar-refractivity contribution in [3.63, 3.8) is 0 Å². The number of nitrogens with zero attached hydrogens (tertiary/aromatic N) is 3. The van der Waals surface area contributed by atoms with Gasteiger partial charge in [-0.3, -0.25) is 4.68 Å². The first-order chi connectivity index (χ1) is 9.71. The highest BCUT2D eigenvalue weighted by molar-refractivity contribution is 7.89. The lowest BCUT2D eigenvalue weighted by molar-refractivity contribution is 0.466. The molecule has 2 aromatic rings. The minimum Gasteiger partial charge on any atom is -0.398 e. The van der Waals surface area contributed by atoms with E-state index in [2.05, 4.69) is 5.10 Å². The summed E-state index contributed by atoms with van der Waals surface area (Å²) in [6, 6.07) is 2.96. The molecule has 0 atom stereocenters. The molecule has 0 saturated carbocycles. The fourth-order valence-electron chi connectivity index (χ4n) is 2.01. The minimum atomic E-state index is -3.67. The van der Waals surface area contributed by atoms with Crippen molar-refractivity contribution in [1.29, 1.82) is 0 Å². The van der Waals surface area contributed by atoms with Gasteiger partial charge < -0.3 is 5.73 Å². The highest BCUT2D eigenvalue weighted by Crippen LogP contribution is 2.28. The van der Waals surface area contributed by atoms with E-state index < -0.39 is 10.0 Å². The normalized spacial score (nSPS) is 12.0. The average molecular weight is 329 g/mol.